The summed E-state index contributed by atoms with van der Waals surface area (Å²) in [5.74, 6) is 2.32. The quantitative estimate of drug-likeness (QED) is 0.229. The summed E-state index contributed by atoms with van der Waals surface area (Å²) in [6.07, 6.45) is 2.37. The van der Waals surface area contributed by atoms with E-state index in [2.05, 4.69) is 41.9 Å². The van der Waals surface area contributed by atoms with Gasteiger partial charge in [0.1, 0.15) is 0 Å². The van der Waals surface area contributed by atoms with E-state index < -0.39 is 6.10 Å². The van der Waals surface area contributed by atoms with E-state index in [-0.39, 0.29) is 22.6 Å². The molecule has 1 aromatic rings. The van der Waals surface area contributed by atoms with Crippen LogP contribution in [0.2, 0.25) is 0 Å². The lowest BCUT2D eigenvalue weighted by molar-refractivity contribution is -0.135. The summed E-state index contributed by atoms with van der Waals surface area (Å²) in [7, 11) is 6.88. The van der Waals surface area contributed by atoms with E-state index in [9.17, 15) is 9.90 Å². The average molecular weight is 545 g/mol. The van der Waals surface area contributed by atoms with Crippen LogP contribution in [-0.2, 0) is 16.0 Å². The van der Waals surface area contributed by atoms with Crippen LogP contribution in [0.4, 0.5) is 0 Å². The third-order valence-electron chi connectivity index (χ3n) is 6.42. The summed E-state index contributed by atoms with van der Waals surface area (Å²) in [5, 5.41) is 11.0. The summed E-state index contributed by atoms with van der Waals surface area (Å²) in [4.78, 5) is 14.1. The first-order valence-electron chi connectivity index (χ1n) is 12.3. The molecule has 0 saturated heterocycles. The van der Waals surface area contributed by atoms with Crippen LogP contribution in [0.25, 0.3) is 0 Å². The third-order valence-corrected chi connectivity index (χ3v) is 7.41. The molecule has 1 amide bonds. The Balaban J connectivity index is 2.87. The molecule has 0 saturated carbocycles. The van der Waals surface area contributed by atoms with E-state index in [1.165, 1.54) is 5.56 Å². The van der Waals surface area contributed by atoms with E-state index in [4.69, 9.17) is 14.2 Å². The van der Waals surface area contributed by atoms with Crippen molar-refractivity contribution in [1.82, 2.24) is 4.90 Å². The molecule has 1 N–H and O–H groups in total. The second-order valence-electron chi connectivity index (χ2n) is 10.0. The number of benzene rings is 1. The lowest BCUT2D eigenvalue weighted by atomic mass is 9.82. The maximum absolute atomic E-state index is 12.6. The first kappa shape index (κ1) is 30.7. The van der Waals surface area contributed by atoms with Crippen LogP contribution in [-0.4, -0.2) is 68.4 Å². The molecule has 34 heavy (non-hydrogen) atoms. The molecular formula is C27H46BrNO5. The van der Waals surface area contributed by atoms with Gasteiger partial charge in [0, 0.05) is 45.0 Å². The van der Waals surface area contributed by atoms with Gasteiger partial charge in [0.2, 0.25) is 5.91 Å². The van der Waals surface area contributed by atoms with Gasteiger partial charge in [0.15, 0.2) is 11.5 Å². The Morgan fingerprint density at radius 2 is 1.71 bits per heavy atom. The van der Waals surface area contributed by atoms with Crippen molar-refractivity contribution in [1.29, 1.82) is 0 Å². The van der Waals surface area contributed by atoms with Crippen molar-refractivity contribution < 1.29 is 24.1 Å². The molecule has 4 unspecified atom stereocenters. The highest BCUT2D eigenvalue weighted by molar-refractivity contribution is 9.09. The molecule has 0 aliphatic heterocycles. The second-order valence-corrected chi connectivity index (χ2v) is 11.2. The minimum Gasteiger partial charge on any atom is -0.493 e. The van der Waals surface area contributed by atoms with Gasteiger partial charge in [-0.1, -0.05) is 49.7 Å². The largest absolute Gasteiger partial charge is 0.493 e. The molecule has 0 spiro atoms. The molecule has 0 aliphatic carbocycles. The van der Waals surface area contributed by atoms with Crippen molar-refractivity contribution in [2.24, 2.45) is 23.7 Å². The number of carbonyl (C=O) groups is 1. The Labute approximate surface area is 215 Å². The predicted octanol–water partition coefficient (Wildman–Crippen LogP) is 5.19. The average Bonchev–Trinajstić information content (AvgIpc) is 2.78. The molecule has 0 radical (unpaired) electrons. The number of carbonyl (C=O) groups excluding carboxylic acids is 1. The number of rotatable bonds is 16. The van der Waals surface area contributed by atoms with Gasteiger partial charge in [-0.05, 0) is 54.7 Å². The normalized spacial score (nSPS) is 15.2. The van der Waals surface area contributed by atoms with Crippen molar-refractivity contribution in [3.05, 3.63) is 23.8 Å². The van der Waals surface area contributed by atoms with E-state index in [1.54, 1.807) is 33.2 Å². The number of nitrogens with zero attached hydrogens (tertiary/aromatic N) is 1. The van der Waals surface area contributed by atoms with E-state index in [0.717, 1.165) is 30.8 Å². The summed E-state index contributed by atoms with van der Waals surface area (Å²) < 4.78 is 16.5. The van der Waals surface area contributed by atoms with Crippen molar-refractivity contribution >= 4 is 21.8 Å². The monoisotopic (exact) mass is 543 g/mol. The molecular weight excluding hydrogens is 498 g/mol. The van der Waals surface area contributed by atoms with Gasteiger partial charge in [0.25, 0.3) is 0 Å². The van der Waals surface area contributed by atoms with Crippen LogP contribution in [0.3, 0.4) is 0 Å². The number of hydrogen-bond donors (Lipinski definition) is 1. The highest BCUT2D eigenvalue weighted by Crippen LogP contribution is 2.33. The summed E-state index contributed by atoms with van der Waals surface area (Å²) >= 11 is 3.74. The number of hydrogen-bond acceptors (Lipinski definition) is 5. The van der Waals surface area contributed by atoms with Gasteiger partial charge in [0.05, 0.1) is 19.8 Å². The van der Waals surface area contributed by atoms with Crippen LogP contribution < -0.4 is 9.47 Å². The smallest absolute Gasteiger partial charge is 0.225 e. The fraction of sp³-hybridized carbons (Fsp3) is 0.741. The molecule has 1 rings (SSSR count). The third kappa shape index (κ3) is 10.1. The fourth-order valence-corrected chi connectivity index (χ4v) is 4.78. The van der Waals surface area contributed by atoms with Crippen LogP contribution >= 0.6 is 15.9 Å². The first-order chi connectivity index (χ1) is 16.0. The summed E-state index contributed by atoms with van der Waals surface area (Å²) in [6.45, 7) is 9.74. The standard InChI is InChI=1S/C27H46BrNO5/c1-18(2)21(16-23(28)24(30)17-22(19(3)4)27(31)29(5)6)14-20-10-11-25(33-8)26(15-20)34-13-9-12-32-7/h10-11,15,18-19,21-24,30H,9,12-14,16-17H2,1-8H3. The molecule has 0 heterocycles. The molecule has 0 aliphatic rings. The van der Waals surface area contributed by atoms with Crippen LogP contribution in [0.15, 0.2) is 18.2 Å². The number of ether oxygens (including phenoxy) is 3. The Morgan fingerprint density at radius 3 is 2.24 bits per heavy atom. The topological polar surface area (TPSA) is 68.2 Å². The van der Waals surface area contributed by atoms with Gasteiger partial charge >= 0.3 is 0 Å². The number of alkyl halides is 1. The lowest BCUT2D eigenvalue weighted by Crippen LogP contribution is -2.37. The molecule has 0 aromatic heterocycles. The van der Waals surface area contributed by atoms with Gasteiger partial charge in [-0.3, -0.25) is 4.79 Å². The van der Waals surface area contributed by atoms with E-state index >= 15 is 0 Å². The summed E-state index contributed by atoms with van der Waals surface area (Å²) in [5.41, 5.74) is 1.18. The molecule has 1 aromatic carbocycles. The maximum Gasteiger partial charge on any atom is 0.225 e. The SMILES string of the molecule is COCCCOc1cc(CC(CC(Br)C(O)CC(C(=O)N(C)C)C(C)C)C(C)C)ccc1OC. The van der Waals surface area contributed by atoms with Gasteiger partial charge in [-0.25, -0.2) is 0 Å². The number of aliphatic hydroxyl groups is 1. The lowest BCUT2D eigenvalue weighted by Gasteiger charge is -2.30. The second kappa shape index (κ2) is 15.6. The number of amides is 1. The van der Waals surface area contributed by atoms with Crippen molar-refractivity contribution in [3.63, 3.8) is 0 Å². The first-order valence-corrected chi connectivity index (χ1v) is 13.2. The van der Waals surface area contributed by atoms with Gasteiger partial charge in [-0.15, -0.1) is 0 Å². The molecule has 4 atom stereocenters. The molecule has 196 valence electrons. The predicted molar refractivity (Wildman–Crippen MR) is 142 cm³/mol. The minimum atomic E-state index is -0.590. The van der Waals surface area contributed by atoms with Crippen molar-refractivity contribution in [3.8, 4) is 11.5 Å². The highest BCUT2D eigenvalue weighted by Gasteiger charge is 2.31. The van der Waals surface area contributed by atoms with Crippen molar-refractivity contribution in [2.75, 3.05) is 41.5 Å². The van der Waals surface area contributed by atoms with Crippen LogP contribution in [0.5, 0.6) is 11.5 Å². The Morgan fingerprint density at radius 1 is 1.03 bits per heavy atom. The Bertz CT molecular complexity index is 725. The zero-order chi connectivity index (χ0) is 25.8. The van der Waals surface area contributed by atoms with E-state index in [1.807, 2.05) is 19.9 Å². The zero-order valence-electron chi connectivity index (χ0n) is 22.3. The van der Waals surface area contributed by atoms with Gasteiger partial charge < -0.3 is 24.2 Å². The number of methoxy groups -OCH3 is 2. The molecule has 0 fully saturated rings. The highest BCUT2D eigenvalue weighted by atomic mass is 79.9. The van der Waals surface area contributed by atoms with Crippen LogP contribution in [0.1, 0.15) is 52.5 Å². The van der Waals surface area contributed by atoms with Crippen LogP contribution in [0, 0.1) is 23.7 Å². The van der Waals surface area contributed by atoms with E-state index in [0.29, 0.717) is 31.5 Å². The summed E-state index contributed by atoms with van der Waals surface area (Å²) in [6, 6.07) is 6.10. The minimum absolute atomic E-state index is 0.0745. The zero-order valence-corrected chi connectivity index (χ0v) is 23.9. The molecule has 6 nitrogen and oxygen atoms in total. The maximum atomic E-state index is 12.6. The Kier molecular flexibility index (Phi) is 14.1. The molecule has 7 heteroatoms. The Hall–Kier alpha value is -1.31. The molecule has 0 bridgehead atoms. The van der Waals surface area contributed by atoms with Gasteiger partial charge in [-0.2, -0.15) is 0 Å². The number of halogens is 1. The van der Waals surface area contributed by atoms with Crippen molar-refractivity contribution in [2.45, 2.75) is 64.3 Å². The fourth-order valence-electron chi connectivity index (χ4n) is 4.08. The number of aliphatic hydroxyl groups excluding tert-OH is 1.